The Balaban J connectivity index is 1.80. The molecule has 0 aliphatic rings. The summed E-state index contributed by atoms with van der Waals surface area (Å²) < 4.78 is 10.9. The number of primary amides is 1. The van der Waals surface area contributed by atoms with Crippen LogP contribution >= 0.6 is 11.3 Å². The molecule has 0 fully saturated rings. The zero-order valence-corrected chi connectivity index (χ0v) is 16.0. The Bertz CT molecular complexity index is 1240. The molecule has 0 radical (unpaired) electrons. The monoisotopic (exact) mass is 397 g/mol. The van der Waals surface area contributed by atoms with E-state index in [0.29, 0.717) is 28.1 Å². The molecule has 0 aromatic carbocycles. The maximum absolute atomic E-state index is 12.9. The van der Waals surface area contributed by atoms with Crippen molar-refractivity contribution in [1.29, 1.82) is 0 Å². The zero-order valence-electron chi connectivity index (χ0n) is 15.2. The van der Waals surface area contributed by atoms with Gasteiger partial charge in [0, 0.05) is 5.56 Å². The molecule has 3 N–H and O–H groups in total. The van der Waals surface area contributed by atoms with Crippen molar-refractivity contribution in [3.8, 4) is 11.3 Å². The number of amides is 2. The summed E-state index contributed by atoms with van der Waals surface area (Å²) in [6, 6.07) is 3.50. The molecule has 28 heavy (non-hydrogen) atoms. The number of hydrogen-bond acceptors (Lipinski definition) is 8. The molecule has 4 heterocycles. The fraction of sp³-hybridized carbons (Fsp3) is 0.167. The first-order valence-electron chi connectivity index (χ1n) is 8.25. The van der Waals surface area contributed by atoms with Gasteiger partial charge in [-0.1, -0.05) is 16.5 Å². The summed E-state index contributed by atoms with van der Waals surface area (Å²) in [7, 11) is 0. The van der Waals surface area contributed by atoms with Crippen LogP contribution in [-0.2, 0) is 0 Å². The van der Waals surface area contributed by atoms with Crippen LogP contribution in [0.4, 0.5) is 5.13 Å². The molecule has 0 saturated heterocycles. The molecular formula is C18H15N5O4S. The van der Waals surface area contributed by atoms with Crippen LogP contribution in [0.1, 0.15) is 37.2 Å². The topological polar surface area (TPSA) is 137 Å². The van der Waals surface area contributed by atoms with Gasteiger partial charge in [0.15, 0.2) is 5.13 Å². The van der Waals surface area contributed by atoms with Crippen LogP contribution in [0, 0.1) is 20.8 Å². The minimum absolute atomic E-state index is 0.246. The van der Waals surface area contributed by atoms with Gasteiger partial charge in [0.05, 0.1) is 28.5 Å². The first-order chi connectivity index (χ1) is 13.3. The molecule has 0 spiro atoms. The van der Waals surface area contributed by atoms with Crippen LogP contribution < -0.4 is 11.1 Å². The lowest BCUT2D eigenvalue weighted by molar-refractivity contribution is 0.100. The number of pyridine rings is 1. The number of nitrogens with two attached hydrogens (primary N) is 1. The van der Waals surface area contributed by atoms with E-state index in [-0.39, 0.29) is 15.7 Å². The predicted octanol–water partition coefficient (Wildman–Crippen LogP) is 3.22. The van der Waals surface area contributed by atoms with E-state index in [1.807, 2.05) is 19.9 Å². The number of nitrogens with one attached hydrogen (secondary N) is 1. The molecule has 142 valence electrons. The summed E-state index contributed by atoms with van der Waals surface area (Å²) in [5, 5.41) is 7.37. The molecule has 2 amide bonds. The molecule has 4 rings (SSSR count). The molecule has 4 aromatic heterocycles. The number of hydrogen-bond donors (Lipinski definition) is 2. The maximum Gasteiger partial charge on any atom is 0.260 e. The van der Waals surface area contributed by atoms with Crippen molar-refractivity contribution >= 4 is 39.4 Å². The molecule has 10 heteroatoms. The molecule has 4 aromatic rings. The second-order valence-corrected chi connectivity index (χ2v) is 7.21. The second-order valence-electron chi connectivity index (χ2n) is 6.18. The zero-order chi connectivity index (χ0) is 20.0. The Kier molecular flexibility index (Phi) is 4.19. The number of furan rings is 1. The fourth-order valence-electron chi connectivity index (χ4n) is 2.91. The van der Waals surface area contributed by atoms with E-state index >= 15 is 0 Å². The van der Waals surface area contributed by atoms with Gasteiger partial charge in [-0.3, -0.25) is 14.9 Å². The molecule has 0 aliphatic heterocycles. The number of fused-ring (bicyclic) bond motifs is 1. The third-order valence-corrected chi connectivity index (χ3v) is 5.07. The van der Waals surface area contributed by atoms with Crippen molar-refractivity contribution in [1.82, 2.24) is 15.1 Å². The van der Waals surface area contributed by atoms with Crippen molar-refractivity contribution in [2.75, 3.05) is 5.32 Å². The Morgan fingerprint density at radius 2 is 2.00 bits per heavy atom. The standard InChI is InChI=1S/C18H15N5O4S/c1-7-4-10(9(3)26-7)12-5-11(14-8(2)23-27-17(14)21-12)16(25)22-18-20-6-13(28-18)15(19)24/h4-6H,1-3H3,(H2,19,24)(H,20,22,25). The van der Waals surface area contributed by atoms with E-state index in [9.17, 15) is 9.59 Å². The summed E-state index contributed by atoms with van der Waals surface area (Å²) >= 11 is 0.995. The third-order valence-electron chi connectivity index (χ3n) is 4.15. The Labute approximate surface area is 162 Å². The van der Waals surface area contributed by atoms with Gasteiger partial charge in [-0.05, 0) is 32.9 Å². The van der Waals surface area contributed by atoms with Gasteiger partial charge < -0.3 is 14.7 Å². The highest BCUT2D eigenvalue weighted by Crippen LogP contribution is 2.31. The first kappa shape index (κ1) is 17.9. The van der Waals surface area contributed by atoms with Gasteiger partial charge in [-0.2, -0.15) is 0 Å². The first-order valence-corrected chi connectivity index (χ1v) is 9.06. The van der Waals surface area contributed by atoms with Gasteiger partial charge in [0.25, 0.3) is 17.5 Å². The molecule has 0 aliphatic carbocycles. The van der Waals surface area contributed by atoms with Gasteiger partial charge in [-0.25, -0.2) is 9.97 Å². The Morgan fingerprint density at radius 1 is 1.21 bits per heavy atom. The smallest absolute Gasteiger partial charge is 0.260 e. The average Bonchev–Trinajstić information content (AvgIpc) is 3.34. The van der Waals surface area contributed by atoms with Crippen LogP contribution in [0.2, 0.25) is 0 Å². The van der Waals surface area contributed by atoms with Crippen LogP contribution in [0.5, 0.6) is 0 Å². The normalized spacial score (nSPS) is 11.1. The van der Waals surface area contributed by atoms with E-state index in [2.05, 4.69) is 20.4 Å². The lowest BCUT2D eigenvalue weighted by Crippen LogP contribution is -2.13. The number of anilines is 1. The molecule has 9 nitrogen and oxygen atoms in total. The van der Waals surface area contributed by atoms with Gasteiger partial charge in [0.1, 0.15) is 16.4 Å². The van der Waals surface area contributed by atoms with Gasteiger partial charge in [0.2, 0.25) is 0 Å². The number of thiazole rings is 1. The van der Waals surface area contributed by atoms with E-state index in [1.165, 1.54) is 6.20 Å². The lowest BCUT2D eigenvalue weighted by atomic mass is 10.1. The van der Waals surface area contributed by atoms with Crippen molar-refractivity contribution in [3.05, 3.63) is 46.0 Å². The van der Waals surface area contributed by atoms with Crippen LogP contribution in [0.15, 0.2) is 27.3 Å². The summed E-state index contributed by atoms with van der Waals surface area (Å²) in [6.07, 6.45) is 1.32. The molecule has 0 unspecified atom stereocenters. The number of carbonyl (C=O) groups excluding carboxylic acids is 2. The second kappa shape index (κ2) is 6.57. The van der Waals surface area contributed by atoms with Crippen molar-refractivity contribution in [3.63, 3.8) is 0 Å². The predicted molar refractivity (Wildman–Crippen MR) is 102 cm³/mol. The van der Waals surface area contributed by atoms with Gasteiger partial charge in [-0.15, -0.1) is 0 Å². The SMILES string of the molecule is Cc1cc(-c2cc(C(=O)Nc3ncc(C(N)=O)s3)c3c(C)noc3n2)c(C)o1. The van der Waals surface area contributed by atoms with Crippen LogP contribution in [0.25, 0.3) is 22.4 Å². The van der Waals surface area contributed by atoms with E-state index in [1.54, 1.807) is 13.0 Å². The summed E-state index contributed by atoms with van der Waals surface area (Å²) in [5.74, 6) is 0.379. The summed E-state index contributed by atoms with van der Waals surface area (Å²) in [5.41, 5.74) is 7.63. The van der Waals surface area contributed by atoms with E-state index in [4.69, 9.17) is 14.7 Å². The Hall–Kier alpha value is -3.53. The Morgan fingerprint density at radius 3 is 2.64 bits per heavy atom. The van der Waals surface area contributed by atoms with Gasteiger partial charge >= 0.3 is 0 Å². The number of rotatable bonds is 4. The average molecular weight is 397 g/mol. The van der Waals surface area contributed by atoms with Crippen molar-refractivity contribution < 1.29 is 18.5 Å². The number of nitrogens with zero attached hydrogens (tertiary/aromatic N) is 3. The van der Waals surface area contributed by atoms with Crippen LogP contribution in [-0.4, -0.2) is 26.9 Å². The third kappa shape index (κ3) is 3.03. The highest BCUT2D eigenvalue weighted by atomic mass is 32.1. The number of aryl methyl sites for hydroxylation is 3. The summed E-state index contributed by atoms with van der Waals surface area (Å²) in [6.45, 7) is 5.38. The number of carbonyl (C=O) groups is 2. The minimum atomic E-state index is -0.604. The number of aromatic nitrogens is 3. The largest absolute Gasteiger partial charge is 0.466 e. The highest BCUT2D eigenvalue weighted by molar-refractivity contribution is 7.17. The van der Waals surface area contributed by atoms with E-state index < -0.39 is 11.8 Å². The molecule has 0 saturated carbocycles. The van der Waals surface area contributed by atoms with Crippen molar-refractivity contribution in [2.24, 2.45) is 5.73 Å². The van der Waals surface area contributed by atoms with Crippen molar-refractivity contribution in [2.45, 2.75) is 20.8 Å². The van der Waals surface area contributed by atoms with Crippen LogP contribution in [0.3, 0.4) is 0 Å². The molecule has 0 atom stereocenters. The maximum atomic E-state index is 12.9. The fourth-order valence-corrected chi connectivity index (χ4v) is 3.57. The lowest BCUT2D eigenvalue weighted by Gasteiger charge is -2.06. The molecular weight excluding hydrogens is 382 g/mol. The summed E-state index contributed by atoms with van der Waals surface area (Å²) in [4.78, 5) is 32.9. The minimum Gasteiger partial charge on any atom is -0.466 e. The van der Waals surface area contributed by atoms with E-state index in [0.717, 1.165) is 22.7 Å². The quantitative estimate of drug-likeness (QED) is 0.539. The highest BCUT2D eigenvalue weighted by Gasteiger charge is 2.22. The molecule has 0 bridgehead atoms.